The van der Waals surface area contributed by atoms with E-state index in [1.54, 1.807) is 11.1 Å². The number of hydrogen-bond acceptors (Lipinski definition) is 6. The van der Waals surface area contributed by atoms with Gasteiger partial charge in [-0.15, -0.1) is 11.3 Å². The third-order valence-corrected chi connectivity index (χ3v) is 8.90. The van der Waals surface area contributed by atoms with Gasteiger partial charge < -0.3 is 15.4 Å². The summed E-state index contributed by atoms with van der Waals surface area (Å²) in [7, 11) is 4.20. The zero-order chi connectivity index (χ0) is 27.3. The van der Waals surface area contributed by atoms with E-state index in [1.165, 1.54) is 11.3 Å². The van der Waals surface area contributed by atoms with Crippen molar-refractivity contribution in [1.29, 1.82) is 0 Å². The van der Waals surface area contributed by atoms with Gasteiger partial charge in [-0.3, -0.25) is 14.6 Å². The molecule has 39 heavy (non-hydrogen) atoms. The molecule has 2 N–H and O–H groups in total. The lowest BCUT2D eigenvalue weighted by Gasteiger charge is -2.43. The normalized spacial score (nSPS) is 19.1. The van der Waals surface area contributed by atoms with E-state index in [9.17, 15) is 9.59 Å². The standard InChI is InChI=1S/C30H31N5O3S/c1-18-17-22(38-21-7-5-4-6-8-21)13-14-23(18)35-24-15-16-32-29-25(24)26(27(39-29)28(31)36)34(30(35)37)20-11-9-19(10-12-20)33(2)3/h4-8,13-17,19-20H,9-12H2,1-3H3,(H2,31,36). The second-order valence-corrected chi connectivity index (χ2v) is 11.4. The number of urea groups is 1. The predicted molar refractivity (Wildman–Crippen MR) is 156 cm³/mol. The van der Waals surface area contributed by atoms with Crippen LogP contribution in [0.3, 0.4) is 0 Å². The van der Waals surface area contributed by atoms with Crippen molar-refractivity contribution in [1.82, 2.24) is 9.88 Å². The molecule has 1 saturated carbocycles. The van der Waals surface area contributed by atoms with Gasteiger partial charge in [0.2, 0.25) is 0 Å². The van der Waals surface area contributed by atoms with Gasteiger partial charge >= 0.3 is 6.03 Å². The monoisotopic (exact) mass is 541 g/mol. The number of amides is 3. The van der Waals surface area contributed by atoms with Crippen LogP contribution in [0.5, 0.6) is 11.5 Å². The van der Waals surface area contributed by atoms with Crippen molar-refractivity contribution in [2.24, 2.45) is 5.73 Å². The summed E-state index contributed by atoms with van der Waals surface area (Å²) in [5, 5.41) is 0.801. The van der Waals surface area contributed by atoms with Gasteiger partial charge in [0, 0.05) is 18.3 Å². The van der Waals surface area contributed by atoms with Crippen molar-refractivity contribution in [2.45, 2.75) is 44.7 Å². The summed E-state index contributed by atoms with van der Waals surface area (Å²) in [6, 6.07) is 17.5. The van der Waals surface area contributed by atoms with E-state index >= 15 is 0 Å². The minimum absolute atomic E-state index is 0.0403. The van der Waals surface area contributed by atoms with Crippen molar-refractivity contribution < 1.29 is 14.3 Å². The molecular formula is C30H31N5O3S. The van der Waals surface area contributed by atoms with Gasteiger partial charge in [-0.2, -0.15) is 0 Å². The fourth-order valence-corrected chi connectivity index (χ4v) is 6.86. The van der Waals surface area contributed by atoms with Crippen molar-refractivity contribution in [3.8, 4) is 11.5 Å². The highest BCUT2D eigenvalue weighted by Gasteiger charge is 2.42. The molecule has 3 amide bonds. The van der Waals surface area contributed by atoms with E-state index in [0.717, 1.165) is 48.1 Å². The summed E-state index contributed by atoms with van der Waals surface area (Å²) in [4.78, 5) is 38.5. The SMILES string of the molecule is Cc1cc(Oc2ccccc2)ccc1N1C(=O)N(C2CCC(N(C)C)CC2)c2c(C(N)=O)sc3nccc1c23. The number of ether oxygens (including phenoxy) is 1. The Kier molecular flexibility index (Phi) is 6.48. The zero-order valence-corrected chi connectivity index (χ0v) is 23.1. The number of thiophene rings is 1. The first-order valence-corrected chi connectivity index (χ1v) is 14.0. The molecule has 2 aliphatic rings. The minimum Gasteiger partial charge on any atom is -0.457 e. The number of para-hydroxylation sites is 1. The molecule has 0 radical (unpaired) electrons. The maximum atomic E-state index is 14.5. The number of benzene rings is 2. The van der Waals surface area contributed by atoms with Gasteiger partial charge in [-0.05, 0) is 88.7 Å². The van der Waals surface area contributed by atoms with Crippen molar-refractivity contribution in [2.75, 3.05) is 23.9 Å². The highest BCUT2D eigenvalue weighted by Crippen LogP contribution is 2.50. The van der Waals surface area contributed by atoms with Crippen LogP contribution in [0, 0.1) is 6.92 Å². The molecule has 1 fully saturated rings. The summed E-state index contributed by atoms with van der Waals surface area (Å²) in [6.45, 7) is 1.98. The third kappa shape index (κ3) is 4.41. The number of aryl methyl sites for hydroxylation is 1. The number of carbonyl (C=O) groups excluding carboxylic acids is 2. The molecule has 0 saturated heterocycles. The van der Waals surface area contributed by atoms with E-state index < -0.39 is 5.91 Å². The summed E-state index contributed by atoms with van der Waals surface area (Å²) >= 11 is 1.26. The third-order valence-electron chi connectivity index (χ3n) is 7.80. The molecule has 8 nitrogen and oxygen atoms in total. The van der Waals surface area contributed by atoms with Crippen molar-refractivity contribution in [3.05, 3.63) is 71.2 Å². The lowest BCUT2D eigenvalue weighted by atomic mass is 9.88. The van der Waals surface area contributed by atoms with Crippen LogP contribution in [-0.2, 0) is 0 Å². The van der Waals surface area contributed by atoms with Crippen LogP contribution in [0.4, 0.5) is 21.9 Å². The molecule has 4 aromatic rings. The largest absolute Gasteiger partial charge is 0.457 e. The average Bonchev–Trinajstić information content (AvgIpc) is 3.31. The second kappa shape index (κ2) is 9.98. The predicted octanol–water partition coefficient (Wildman–Crippen LogP) is 6.45. The number of aromatic nitrogens is 1. The Morgan fingerprint density at radius 2 is 1.77 bits per heavy atom. The van der Waals surface area contributed by atoms with E-state index in [2.05, 4.69) is 24.0 Å². The number of rotatable bonds is 6. The molecule has 0 bridgehead atoms. The minimum atomic E-state index is -0.536. The Labute approximate surface area is 231 Å². The number of hydrogen-bond donors (Lipinski definition) is 1. The van der Waals surface area contributed by atoms with Crippen LogP contribution in [0.1, 0.15) is 40.9 Å². The van der Waals surface area contributed by atoms with E-state index in [4.69, 9.17) is 10.5 Å². The van der Waals surface area contributed by atoms with Gasteiger partial charge in [0.05, 0.1) is 22.4 Å². The van der Waals surface area contributed by atoms with Crippen molar-refractivity contribution >= 4 is 50.6 Å². The van der Waals surface area contributed by atoms with Gasteiger partial charge in [-0.25, -0.2) is 9.78 Å². The second-order valence-electron chi connectivity index (χ2n) is 10.4. The summed E-state index contributed by atoms with van der Waals surface area (Å²) in [5.41, 5.74) is 8.83. The van der Waals surface area contributed by atoms with Crippen LogP contribution in [0.15, 0.2) is 60.8 Å². The van der Waals surface area contributed by atoms with Crippen LogP contribution in [0.25, 0.3) is 10.2 Å². The average molecular weight is 542 g/mol. The molecule has 6 rings (SSSR count). The number of nitrogens with zero attached hydrogens (tertiary/aromatic N) is 4. The summed E-state index contributed by atoms with van der Waals surface area (Å²) < 4.78 is 6.04. The lowest BCUT2D eigenvalue weighted by molar-refractivity contribution is 0.100. The van der Waals surface area contributed by atoms with Gasteiger partial charge in [0.1, 0.15) is 21.2 Å². The molecule has 0 unspecified atom stereocenters. The highest BCUT2D eigenvalue weighted by atomic mass is 32.1. The van der Waals surface area contributed by atoms with Crippen LogP contribution >= 0.6 is 11.3 Å². The quantitative estimate of drug-likeness (QED) is 0.303. The molecule has 2 aromatic carbocycles. The maximum absolute atomic E-state index is 14.5. The molecule has 1 aliphatic heterocycles. The molecule has 0 spiro atoms. The van der Waals surface area contributed by atoms with Crippen molar-refractivity contribution in [3.63, 3.8) is 0 Å². The first kappa shape index (κ1) is 25.3. The van der Waals surface area contributed by atoms with Crippen LogP contribution in [0.2, 0.25) is 0 Å². The lowest BCUT2D eigenvalue weighted by Crippen LogP contribution is -2.52. The Bertz CT molecular complexity index is 1560. The topological polar surface area (TPSA) is 92.0 Å². The first-order chi connectivity index (χ1) is 18.8. The smallest absolute Gasteiger partial charge is 0.333 e. The van der Waals surface area contributed by atoms with Crippen LogP contribution < -0.4 is 20.3 Å². The first-order valence-electron chi connectivity index (χ1n) is 13.2. The molecular weight excluding hydrogens is 510 g/mol. The van der Waals surface area contributed by atoms with Crippen LogP contribution in [-0.4, -0.2) is 48.0 Å². The molecule has 1 aliphatic carbocycles. The Hall–Kier alpha value is -3.95. The Morgan fingerprint density at radius 1 is 1.03 bits per heavy atom. The maximum Gasteiger partial charge on any atom is 0.333 e. The fourth-order valence-electron chi connectivity index (χ4n) is 5.85. The van der Waals surface area contributed by atoms with E-state index in [1.807, 2.05) is 66.4 Å². The van der Waals surface area contributed by atoms with E-state index in [-0.39, 0.29) is 12.1 Å². The molecule has 2 aromatic heterocycles. The fraction of sp³-hybridized carbons (Fsp3) is 0.300. The van der Waals surface area contributed by atoms with E-state index in [0.29, 0.717) is 32.9 Å². The number of pyridine rings is 1. The molecule has 200 valence electrons. The summed E-state index contributed by atoms with van der Waals surface area (Å²) in [6.07, 6.45) is 5.33. The highest BCUT2D eigenvalue weighted by molar-refractivity contribution is 7.21. The van der Waals surface area contributed by atoms with Gasteiger partial charge in [0.25, 0.3) is 5.91 Å². The summed E-state index contributed by atoms with van der Waals surface area (Å²) in [5.74, 6) is 0.902. The molecule has 3 heterocycles. The zero-order valence-electron chi connectivity index (χ0n) is 22.3. The van der Waals surface area contributed by atoms with Gasteiger partial charge in [0.15, 0.2) is 0 Å². The Morgan fingerprint density at radius 3 is 2.44 bits per heavy atom. The number of carbonyl (C=O) groups is 2. The number of anilines is 3. The molecule has 9 heteroatoms. The number of nitrogens with two attached hydrogens (primary N) is 1. The molecule has 0 atom stereocenters. The Balaban J connectivity index is 1.45. The van der Waals surface area contributed by atoms with Gasteiger partial charge in [-0.1, -0.05) is 18.2 Å². The number of primary amides is 1.